The fourth-order valence-corrected chi connectivity index (χ4v) is 3.28. The summed E-state index contributed by atoms with van der Waals surface area (Å²) in [5.41, 5.74) is 5.55. The van der Waals surface area contributed by atoms with E-state index in [2.05, 4.69) is 30.7 Å². The van der Waals surface area contributed by atoms with Gasteiger partial charge in [0.25, 0.3) is 0 Å². The van der Waals surface area contributed by atoms with E-state index < -0.39 is 0 Å². The fourth-order valence-electron chi connectivity index (χ4n) is 2.95. The van der Waals surface area contributed by atoms with Crippen molar-refractivity contribution in [2.75, 3.05) is 13.2 Å². The number of guanidine groups is 1. The van der Waals surface area contributed by atoms with Gasteiger partial charge in [-0.2, -0.15) is 19.5 Å². The molecule has 0 fully saturated rings. The summed E-state index contributed by atoms with van der Waals surface area (Å²) < 4.78 is 7.03. The van der Waals surface area contributed by atoms with Crippen molar-refractivity contribution in [3.8, 4) is 17.4 Å². The minimum atomic E-state index is 0.102. The lowest BCUT2D eigenvalue weighted by molar-refractivity contribution is 0.282. The summed E-state index contributed by atoms with van der Waals surface area (Å²) in [5.74, 6) is 1.07. The molecule has 0 saturated heterocycles. The summed E-state index contributed by atoms with van der Waals surface area (Å²) in [6, 6.07) is 19.6. The summed E-state index contributed by atoms with van der Waals surface area (Å²) in [5, 5.41) is 3.35. The topological polar surface area (TPSA) is 87.6 Å². The Balaban J connectivity index is 1.24. The molecule has 32 heavy (non-hydrogen) atoms. The van der Waals surface area contributed by atoms with Gasteiger partial charge in [0.15, 0.2) is 5.82 Å². The molecule has 1 aliphatic rings. The number of nitrogens with one attached hydrogen (secondary N) is 2. The number of aromatic nitrogens is 3. The van der Waals surface area contributed by atoms with E-state index in [1.165, 1.54) is 4.53 Å². The Morgan fingerprint density at radius 2 is 1.62 bits per heavy atom. The van der Waals surface area contributed by atoms with Gasteiger partial charge in [-0.3, -0.25) is 5.43 Å². The van der Waals surface area contributed by atoms with Gasteiger partial charge < -0.3 is 10.1 Å². The van der Waals surface area contributed by atoms with Crippen molar-refractivity contribution in [1.82, 2.24) is 30.2 Å². The number of hydrogen-bond acceptors (Lipinski definition) is 8. The van der Waals surface area contributed by atoms with Crippen LogP contribution in [-0.4, -0.2) is 38.6 Å². The minimum Gasteiger partial charge on any atom is -0.463 e. The first-order chi connectivity index (χ1) is 15.7. The molecule has 10 heteroatoms. The minimum absolute atomic E-state index is 0.102. The van der Waals surface area contributed by atoms with Crippen LogP contribution in [0.3, 0.4) is 0 Å². The molecule has 0 saturated carbocycles. The van der Waals surface area contributed by atoms with E-state index in [1.807, 2.05) is 60.7 Å². The van der Waals surface area contributed by atoms with Crippen LogP contribution >= 0.6 is 23.4 Å². The zero-order valence-corrected chi connectivity index (χ0v) is 18.6. The lowest BCUT2D eigenvalue weighted by atomic mass is 10.2. The fraction of sp³-hybridized carbons (Fsp3) is 0.182. The number of benzene rings is 2. The van der Waals surface area contributed by atoms with E-state index in [0.29, 0.717) is 24.9 Å². The number of nitrogens with zero attached hydrogens (tertiary/aromatic N) is 5. The van der Waals surface area contributed by atoms with Gasteiger partial charge in [-0.05, 0) is 24.4 Å². The third-order valence-corrected chi connectivity index (χ3v) is 4.82. The first-order valence-electron chi connectivity index (χ1n) is 10.1. The van der Waals surface area contributed by atoms with Crippen LogP contribution < -0.4 is 15.5 Å². The number of hydrogen-bond donors (Lipinski definition) is 2. The Morgan fingerprint density at radius 3 is 2.38 bits per heavy atom. The molecule has 0 spiro atoms. The highest BCUT2D eigenvalue weighted by Gasteiger charge is 2.12. The summed E-state index contributed by atoms with van der Waals surface area (Å²) in [6.45, 7) is 1.14. The third kappa shape index (κ3) is 6.09. The van der Waals surface area contributed by atoms with Crippen LogP contribution in [0.15, 0.2) is 71.9 Å². The Hall–Kier alpha value is -3.36. The standard InChI is InChI=1S/C22H21Cl2N7O/c23-20-27-19(17-11-5-2-6-12-17)28-22(29-20)32-14-8-7-13-25-21-26-18(15-31(24)30-21)16-9-3-1-4-10-16/h1-6,9-12,15H,7-8,13-14H2,(H2,25,26,30). The molecule has 3 aromatic rings. The lowest BCUT2D eigenvalue weighted by Gasteiger charge is -2.22. The van der Waals surface area contributed by atoms with Crippen LogP contribution in [0.1, 0.15) is 18.4 Å². The van der Waals surface area contributed by atoms with E-state index in [1.54, 1.807) is 6.20 Å². The molecule has 2 heterocycles. The number of ether oxygens (including phenoxy) is 1. The average Bonchev–Trinajstić information content (AvgIpc) is 2.82. The number of unbranched alkanes of at least 4 members (excludes halogenated alkanes) is 1. The SMILES string of the molecule is Clc1nc(OCCCCNC2=NC(c3ccccc3)=CN(Cl)N2)nc(-c2ccccc2)n1. The number of rotatable bonds is 8. The van der Waals surface area contributed by atoms with Gasteiger partial charge in [-0.25, -0.2) is 4.99 Å². The molecular formula is C22H21Cl2N7O. The van der Waals surface area contributed by atoms with Crippen molar-refractivity contribution < 1.29 is 4.74 Å². The predicted octanol–water partition coefficient (Wildman–Crippen LogP) is 4.27. The molecule has 2 N–H and O–H groups in total. The van der Waals surface area contributed by atoms with Gasteiger partial charge >= 0.3 is 6.01 Å². The second-order valence-corrected chi connectivity index (χ2v) is 7.53. The molecule has 0 aliphatic carbocycles. The molecule has 0 bridgehead atoms. The quantitative estimate of drug-likeness (QED) is 0.376. The first kappa shape index (κ1) is 21.9. The smallest absolute Gasteiger partial charge is 0.321 e. The van der Waals surface area contributed by atoms with Gasteiger partial charge in [0.1, 0.15) is 0 Å². The van der Waals surface area contributed by atoms with E-state index in [-0.39, 0.29) is 11.3 Å². The summed E-state index contributed by atoms with van der Waals surface area (Å²) in [7, 11) is 0. The van der Waals surface area contributed by atoms with Crippen LogP contribution in [0.5, 0.6) is 6.01 Å². The third-order valence-electron chi connectivity index (χ3n) is 4.46. The van der Waals surface area contributed by atoms with Crippen molar-refractivity contribution in [3.63, 3.8) is 0 Å². The molecule has 1 aliphatic heterocycles. The normalized spacial score (nSPS) is 13.1. The van der Waals surface area contributed by atoms with Crippen molar-refractivity contribution in [2.45, 2.75) is 12.8 Å². The molecule has 0 unspecified atom stereocenters. The van der Waals surface area contributed by atoms with Gasteiger partial charge in [0, 0.05) is 29.4 Å². The monoisotopic (exact) mass is 469 g/mol. The van der Waals surface area contributed by atoms with Gasteiger partial charge in [0.2, 0.25) is 11.2 Å². The average molecular weight is 470 g/mol. The summed E-state index contributed by atoms with van der Waals surface area (Å²) in [6.07, 6.45) is 3.35. The second kappa shape index (κ2) is 10.8. The number of halogens is 2. The highest BCUT2D eigenvalue weighted by molar-refractivity contribution is 6.28. The van der Waals surface area contributed by atoms with Crippen molar-refractivity contribution in [2.24, 2.45) is 4.99 Å². The molecule has 8 nitrogen and oxygen atoms in total. The predicted molar refractivity (Wildman–Crippen MR) is 126 cm³/mol. The van der Waals surface area contributed by atoms with Gasteiger partial charge in [0.05, 0.1) is 18.5 Å². The molecule has 2 aromatic carbocycles. The van der Waals surface area contributed by atoms with Gasteiger partial charge in [-0.15, -0.1) is 0 Å². The maximum atomic E-state index is 6.13. The molecule has 0 radical (unpaired) electrons. The number of hydrazine groups is 1. The Labute approximate surface area is 196 Å². The van der Waals surface area contributed by atoms with Gasteiger partial charge in [-0.1, -0.05) is 60.7 Å². The molecule has 0 atom stereocenters. The zero-order chi connectivity index (χ0) is 22.2. The van der Waals surface area contributed by atoms with E-state index in [0.717, 1.165) is 29.7 Å². The Kier molecular flexibility index (Phi) is 7.37. The van der Waals surface area contributed by atoms with Crippen molar-refractivity contribution in [1.29, 1.82) is 0 Å². The van der Waals surface area contributed by atoms with E-state index in [4.69, 9.17) is 28.1 Å². The van der Waals surface area contributed by atoms with Crippen molar-refractivity contribution >= 4 is 35.0 Å². The molecule has 164 valence electrons. The first-order valence-corrected chi connectivity index (χ1v) is 10.8. The van der Waals surface area contributed by atoms with Crippen LogP contribution in [-0.2, 0) is 0 Å². The molecule has 4 rings (SSSR count). The molecule has 1 aromatic heterocycles. The van der Waals surface area contributed by atoms with Crippen LogP contribution in [0.4, 0.5) is 0 Å². The molecule has 0 amide bonds. The van der Waals surface area contributed by atoms with Crippen LogP contribution in [0.25, 0.3) is 17.1 Å². The summed E-state index contributed by atoms with van der Waals surface area (Å²) >= 11 is 12.2. The Morgan fingerprint density at radius 1 is 0.906 bits per heavy atom. The largest absolute Gasteiger partial charge is 0.463 e. The van der Waals surface area contributed by atoms with Crippen LogP contribution in [0.2, 0.25) is 5.28 Å². The number of aliphatic imine (C=N–C) groups is 1. The Bertz CT molecular complexity index is 1090. The maximum Gasteiger partial charge on any atom is 0.321 e. The lowest BCUT2D eigenvalue weighted by Crippen LogP contribution is -2.44. The highest BCUT2D eigenvalue weighted by atomic mass is 35.5. The highest BCUT2D eigenvalue weighted by Crippen LogP contribution is 2.20. The van der Waals surface area contributed by atoms with Crippen molar-refractivity contribution in [3.05, 3.63) is 77.7 Å². The van der Waals surface area contributed by atoms with E-state index in [9.17, 15) is 0 Å². The maximum absolute atomic E-state index is 6.13. The summed E-state index contributed by atoms with van der Waals surface area (Å²) in [4.78, 5) is 17.1. The molecular weight excluding hydrogens is 449 g/mol. The zero-order valence-electron chi connectivity index (χ0n) is 17.1. The second-order valence-electron chi connectivity index (χ2n) is 6.82. The van der Waals surface area contributed by atoms with E-state index >= 15 is 0 Å². The van der Waals surface area contributed by atoms with Crippen LogP contribution in [0, 0.1) is 0 Å².